The van der Waals surface area contributed by atoms with Gasteiger partial charge in [-0.1, -0.05) is 15.9 Å². The van der Waals surface area contributed by atoms with Gasteiger partial charge in [0.15, 0.2) is 0 Å². The zero-order valence-electron chi connectivity index (χ0n) is 12.8. The minimum absolute atomic E-state index is 0.0931. The minimum Gasteiger partial charge on any atom is -0.496 e. The first kappa shape index (κ1) is 17.5. The van der Waals surface area contributed by atoms with Crippen molar-refractivity contribution in [2.75, 3.05) is 20.2 Å². The number of hydrogen-bond acceptors (Lipinski definition) is 3. The van der Waals surface area contributed by atoms with E-state index in [2.05, 4.69) is 21.2 Å². The topological polar surface area (TPSA) is 58.6 Å². The largest absolute Gasteiger partial charge is 0.496 e. The molecule has 1 N–H and O–H groups in total. The average Bonchev–Trinajstić information content (AvgIpc) is 2.47. The second-order valence-corrected chi connectivity index (χ2v) is 5.47. The molecule has 6 heteroatoms. The molecule has 1 unspecified atom stereocenters. The molecule has 1 aromatic rings. The Balaban J connectivity index is 2.84. The smallest absolute Gasteiger partial charge is 0.255 e. The van der Waals surface area contributed by atoms with E-state index in [1.54, 1.807) is 30.0 Å². The molecule has 5 nitrogen and oxygen atoms in total. The maximum atomic E-state index is 12.3. The van der Waals surface area contributed by atoms with Crippen molar-refractivity contribution in [1.82, 2.24) is 10.2 Å². The number of amides is 2. The Morgan fingerprint density at radius 3 is 2.48 bits per heavy atom. The molecule has 0 spiro atoms. The van der Waals surface area contributed by atoms with Gasteiger partial charge in [-0.2, -0.15) is 0 Å². The first-order valence-corrected chi connectivity index (χ1v) is 7.67. The van der Waals surface area contributed by atoms with Crippen LogP contribution in [0, 0.1) is 0 Å². The van der Waals surface area contributed by atoms with Crippen LogP contribution in [0.25, 0.3) is 0 Å². The fraction of sp³-hybridized carbons (Fsp3) is 0.467. The van der Waals surface area contributed by atoms with E-state index < -0.39 is 6.04 Å². The van der Waals surface area contributed by atoms with Gasteiger partial charge < -0.3 is 15.0 Å². The van der Waals surface area contributed by atoms with Crippen LogP contribution in [-0.4, -0.2) is 43.0 Å². The molecule has 0 heterocycles. The van der Waals surface area contributed by atoms with Crippen LogP contribution >= 0.6 is 15.9 Å². The Morgan fingerprint density at radius 2 is 1.95 bits per heavy atom. The Kier molecular flexibility index (Phi) is 6.68. The van der Waals surface area contributed by atoms with Gasteiger partial charge in [-0.05, 0) is 39.0 Å². The summed E-state index contributed by atoms with van der Waals surface area (Å²) >= 11 is 3.33. The normalized spacial score (nSPS) is 11.7. The van der Waals surface area contributed by atoms with Crippen LogP contribution in [0.3, 0.4) is 0 Å². The van der Waals surface area contributed by atoms with Gasteiger partial charge in [-0.15, -0.1) is 0 Å². The summed E-state index contributed by atoms with van der Waals surface area (Å²) in [6.45, 7) is 6.75. The van der Waals surface area contributed by atoms with Gasteiger partial charge in [0.25, 0.3) is 5.91 Å². The number of likely N-dealkylation sites (N-methyl/N-ethyl adjacent to an activating group) is 1. The number of rotatable bonds is 6. The number of carbonyl (C=O) groups is 2. The Bertz CT molecular complexity index is 516. The predicted molar refractivity (Wildman–Crippen MR) is 85.6 cm³/mol. The molecule has 0 radical (unpaired) electrons. The highest BCUT2D eigenvalue weighted by Gasteiger charge is 2.22. The third-order valence-electron chi connectivity index (χ3n) is 3.20. The number of carbonyl (C=O) groups excluding carboxylic acids is 2. The lowest BCUT2D eigenvalue weighted by Crippen LogP contribution is -2.46. The van der Waals surface area contributed by atoms with Gasteiger partial charge in [0, 0.05) is 17.6 Å². The molecular formula is C15H21BrN2O3. The summed E-state index contributed by atoms with van der Waals surface area (Å²) in [7, 11) is 1.50. The van der Waals surface area contributed by atoms with Crippen molar-refractivity contribution in [3.63, 3.8) is 0 Å². The molecule has 2 amide bonds. The molecule has 116 valence electrons. The van der Waals surface area contributed by atoms with Crippen molar-refractivity contribution in [2.24, 2.45) is 0 Å². The number of nitrogens with zero attached hydrogens (tertiary/aromatic N) is 1. The van der Waals surface area contributed by atoms with Crippen molar-refractivity contribution in [1.29, 1.82) is 0 Å². The predicted octanol–water partition coefficient (Wildman–Crippen LogP) is 2.44. The monoisotopic (exact) mass is 356 g/mol. The summed E-state index contributed by atoms with van der Waals surface area (Å²) in [6.07, 6.45) is 0. The number of halogens is 1. The van der Waals surface area contributed by atoms with E-state index in [0.717, 1.165) is 4.47 Å². The summed E-state index contributed by atoms with van der Waals surface area (Å²) in [5.74, 6) is 0.0427. The molecule has 0 aliphatic carbocycles. The van der Waals surface area contributed by atoms with Gasteiger partial charge in [0.2, 0.25) is 5.91 Å². The van der Waals surface area contributed by atoms with Crippen LogP contribution in [0.4, 0.5) is 0 Å². The standard InChI is InChI=1S/C15H21BrN2O3/c1-5-18(6-2)15(20)10(3)17-14(19)12-8-7-11(16)9-13(12)21-4/h7-10H,5-6H2,1-4H3,(H,17,19). The minimum atomic E-state index is -0.578. The molecular weight excluding hydrogens is 336 g/mol. The molecule has 1 rings (SSSR count). The second-order valence-electron chi connectivity index (χ2n) is 4.55. The Morgan fingerprint density at radius 1 is 1.33 bits per heavy atom. The van der Waals surface area contributed by atoms with E-state index in [-0.39, 0.29) is 11.8 Å². The van der Waals surface area contributed by atoms with Crippen molar-refractivity contribution >= 4 is 27.7 Å². The van der Waals surface area contributed by atoms with Gasteiger partial charge in [0.05, 0.1) is 12.7 Å². The van der Waals surface area contributed by atoms with Crippen LogP contribution in [0.1, 0.15) is 31.1 Å². The van der Waals surface area contributed by atoms with Crippen LogP contribution < -0.4 is 10.1 Å². The van der Waals surface area contributed by atoms with Crippen LogP contribution in [0.15, 0.2) is 22.7 Å². The van der Waals surface area contributed by atoms with Crippen LogP contribution in [-0.2, 0) is 4.79 Å². The maximum absolute atomic E-state index is 12.3. The second kappa shape index (κ2) is 8.02. The number of methoxy groups -OCH3 is 1. The Labute approximate surface area is 133 Å². The van der Waals surface area contributed by atoms with E-state index in [0.29, 0.717) is 24.4 Å². The lowest BCUT2D eigenvalue weighted by Gasteiger charge is -2.23. The van der Waals surface area contributed by atoms with Crippen molar-refractivity contribution < 1.29 is 14.3 Å². The lowest BCUT2D eigenvalue weighted by molar-refractivity contribution is -0.132. The maximum Gasteiger partial charge on any atom is 0.255 e. The molecule has 0 aliphatic rings. The highest BCUT2D eigenvalue weighted by atomic mass is 79.9. The third kappa shape index (κ3) is 4.46. The van der Waals surface area contributed by atoms with Crippen LogP contribution in [0.5, 0.6) is 5.75 Å². The summed E-state index contributed by atoms with van der Waals surface area (Å²) in [6, 6.07) is 4.55. The quantitative estimate of drug-likeness (QED) is 0.851. The van der Waals surface area contributed by atoms with Crippen molar-refractivity contribution in [2.45, 2.75) is 26.8 Å². The molecule has 0 aliphatic heterocycles. The highest BCUT2D eigenvalue weighted by molar-refractivity contribution is 9.10. The summed E-state index contributed by atoms with van der Waals surface area (Å²) in [4.78, 5) is 26.1. The van der Waals surface area contributed by atoms with E-state index >= 15 is 0 Å². The summed E-state index contributed by atoms with van der Waals surface area (Å²) in [5.41, 5.74) is 0.403. The van der Waals surface area contributed by atoms with Crippen molar-refractivity contribution in [3.05, 3.63) is 28.2 Å². The van der Waals surface area contributed by atoms with Gasteiger partial charge in [-0.25, -0.2) is 0 Å². The molecule has 0 fully saturated rings. The number of nitrogens with one attached hydrogen (secondary N) is 1. The number of ether oxygens (including phenoxy) is 1. The SMILES string of the molecule is CCN(CC)C(=O)C(C)NC(=O)c1ccc(Br)cc1OC. The molecule has 0 saturated heterocycles. The Hall–Kier alpha value is -1.56. The molecule has 0 aromatic heterocycles. The van der Waals surface area contributed by atoms with E-state index in [1.807, 2.05) is 13.8 Å². The van der Waals surface area contributed by atoms with Gasteiger partial charge >= 0.3 is 0 Å². The fourth-order valence-electron chi connectivity index (χ4n) is 2.00. The van der Waals surface area contributed by atoms with Crippen LogP contribution in [0.2, 0.25) is 0 Å². The molecule has 1 aromatic carbocycles. The fourth-order valence-corrected chi connectivity index (χ4v) is 2.34. The zero-order chi connectivity index (χ0) is 16.0. The zero-order valence-corrected chi connectivity index (χ0v) is 14.4. The number of hydrogen-bond donors (Lipinski definition) is 1. The molecule has 21 heavy (non-hydrogen) atoms. The first-order chi connectivity index (χ1) is 9.94. The van der Waals surface area contributed by atoms with Gasteiger partial charge in [-0.3, -0.25) is 9.59 Å². The first-order valence-electron chi connectivity index (χ1n) is 6.87. The van der Waals surface area contributed by atoms with E-state index in [1.165, 1.54) is 7.11 Å². The molecule has 1 atom stereocenters. The van der Waals surface area contributed by atoms with E-state index in [4.69, 9.17) is 4.74 Å². The number of benzene rings is 1. The average molecular weight is 357 g/mol. The van der Waals surface area contributed by atoms with Gasteiger partial charge in [0.1, 0.15) is 11.8 Å². The highest BCUT2D eigenvalue weighted by Crippen LogP contribution is 2.23. The molecule has 0 bridgehead atoms. The van der Waals surface area contributed by atoms with E-state index in [9.17, 15) is 9.59 Å². The molecule has 0 saturated carbocycles. The summed E-state index contributed by atoms with van der Waals surface area (Å²) in [5, 5.41) is 2.71. The third-order valence-corrected chi connectivity index (χ3v) is 3.69. The summed E-state index contributed by atoms with van der Waals surface area (Å²) < 4.78 is 6.02. The van der Waals surface area contributed by atoms with Crippen molar-refractivity contribution in [3.8, 4) is 5.75 Å². The lowest BCUT2D eigenvalue weighted by atomic mass is 10.1.